The lowest BCUT2D eigenvalue weighted by atomic mass is 9.95. The molecule has 0 N–H and O–H groups in total. The maximum Gasteiger partial charge on any atom is 0.235 e. The normalized spacial score (nSPS) is 11.5. The molecular formula is C56H39N3O. The number of fused-ring (bicyclic) bond motifs is 8. The number of benzene rings is 9. The predicted molar refractivity (Wildman–Crippen MR) is 252 cm³/mol. The van der Waals surface area contributed by atoms with Crippen molar-refractivity contribution in [1.82, 2.24) is 14.5 Å². The highest BCUT2D eigenvalue weighted by molar-refractivity contribution is 6.17. The molecule has 4 heteroatoms. The van der Waals surface area contributed by atoms with E-state index < -0.39 is 0 Å². The minimum Gasteiger partial charge on any atom is -0.456 e. The fourth-order valence-corrected chi connectivity index (χ4v) is 8.82. The highest BCUT2D eigenvalue weighted by Gasteiger charge is 2.21. The van der Waals surface area contributed by atoms with Gasteiger partial charge in [0.25, 0.3) is 0 Å². The molecule has 0 amide bonds. The number of furan rings is 1. The predicted octanol–water partition coefficient (Wildman–Crippen LogP) is 15.5. The third-order valence-electron chi connectivity index (χ3n) is 11.6. The van der Waals surface area contributed by atoms with Crippen molar-refractivity contribution in [1.29, 1.82) is 0 Å². The van der Waals surface area contributed by atoms with Gasteiger partial charge in [-0.3, -0.25) is 4.57 Å². The van der Waals surface area contributed by atoms with E-state index in [1.165, 1.54) is 16.2 Å². The average Bonchev–Trinajstić information content (AvgIpc) is 3.86. The van der Waals surface area contributed by atoms with Crippen molar-refractivity contribution in [3.8, 4) is 50.6 Å². The highest BCUT2D eigenvalue weighted by atomic mass is 16.3. The van der Waals surface area contributed by atoms with Gasteiger partial charge < -0.3 is 4.42 Å². The van der Waals surface area contributed by atoms with Gasteiger partial charge in [0.05, 0.1) is 22.2 Å². The van der Waals surface area contributed by atoms with Gasteiger partial charge in [-0.2, -0.15) is 0 Å². The van der Waals surface area contributed by atoms with E-state index in [1.807, 2.05) is 32.0 Å². The maximum atomic E-state index is 6.13. The van der Waals surface area contributed by atoms with Crippen LogP contribution in [-0.2, 0) is 0 Å². The maximum absolute atomic E-state index is 6.13. The van der Waals surface area contributed by atoms with Crippen LogP contribution in [0, 0.1) is 0 Å². The SMILES string of the molecule is CC.c1ccc(-c2nc(-n3c4cc5ccccc5cc4c4cccc(-c5cccc(-c6cccc(-c7ccc8oc9ccccc9c8c7)c6)c5)c43)nc3ccccc23)cc1. The number of aromatic nitrogens is 3. The Morgan fingerprint density at radius 1 is 0.383 bits per heavy atom. The first-order valence-corrected chi connectivity index (χ1v) is 20.6. The van der Waals surface area contributed by atoms with Crippen LogP contribution in [0.4, 0.5) is 0 Å². The first kappa shape index (κ1) is 35.4. The molecule has 0 radical (unpaired) electrons. The van der Waals surface area contributed by atoms with Gasteiger partial charge in [-0.15, -0.1) is 0 Å². The van der Waals surface area contributed by atoms with Crippen molar-refractivity contribution in [2.75, 3.05) is 0 Å². The molecule has 12 aromatic rings. The van der Waals surface area contributed by atoms with Gasteiger partial charge >= 0.3 is 0 Å². The Kier molecular flexibility index (Phi) is 8.56. The summed E-state index contributed by atoms with van der Waals surface area (Å²) in [5.41, 5.74) is 13.7. The van der Waals surface area contributed by atoms with Gasteiger partial charge in [0.2, 0.25) is 5.95 Å². The molecular weight excluding hydrogens is 731 g/mol. The van der Waals surface area contributed by atoms with Crippen molar-refractivity contribution in [3.63, 3.8) is 0 Å². The van der Waals surface area contributed by atoms with Crippen LogP contribution < -0.4 is 0 Å². The number of rotatable bonds is 5. The summed E-state index contributed by atoms with van der Waals surface area (Å²) in [5.74, 6) is 0.645. The van der Waals surface area contributed by atoms with Gasteiger partial charge in [-0.25, -0.2) is 9.97 Å². The highest BCUT2D eigenvalue weighted by Crippen LogP contribution is 2.41. The second-order valence-electron chi connectivity index (χ2n) is 15.0. The van der Waals surface area contributed by atoms with E-state index in [1.54, 1.807) is 0 Å². The molecule has 0 atom stereocenters. The van der Waals surface area contributed by atoms with E-state index in [4.69, 9.17) is 14.4 Å². The van der Waals surface area contributed by atoms with Crippen LogP contribution in [0.1, 0.15) is 13.8 Å². The Bertz CT molecular complexity index is 3580. The second-order valence-corrected chi connectivity index (χ2v) is 15.0. The van der Waals surface area contributed by atoms with E-state index in [2.05, 4.69) is 187 Å². The van der Waals surface area contributed by atoms with E-state index >= 15 is 0 Å². The fraction of sp³-hybridized carbons (Fsp3) is 0.0357. The van der Waals surface area contributed by atoms with E-state index in [0.29, 0.717) is 5.95 Å². The van der Waals surface area contributed by atoms with Gasteiger partial charge in [-0.05, 0) is 87.1 Å². The molecule has 12 rings (SSSR count). The molecule has 0 fully saturated rings. The minimum absolute atomic E-state index is 0.645. The molecule has 60 heavy (non-hydrogen) atoms. The molecule has 3 heterocycles. The number of nitrogens with zero attached hydrogens (tertiary/aromatic N) is 3. The van der Waals surface area contributed by atoms with E-state index in [9.17, 15) is 0 Å². The van der Waals surface area contributed by atoms with Gasteiger partial charge in [0.15, 0.2) is 0 Å². The largest absolute Gasteiger partial charge is 0.456 e. The van der Waals surface area contributed by atoms with Crippen LogP contribution in [0.15, 0.2) is 205 Å². The molecule has 0 aliphatic carbocycles. The molecule has 0 saturated heterocycles. The van der Waals surface area contributed by atoms with Crippen LogP contribution in [0.5, 0.6) is 0 Å². The smallest absolute Gasteiger partial charge is 0.235 e. The molecule has 4 nitrogen and oxygen atoms in total. The van der Waals surface area contributed by atoms with E-state index in [-0.39, 0.29) is 0 Å². The molecule has 0 aliphatic heterocycles. The first-order chi connectivity index (χ1) is 29.7. The summed E-state index contributed by atoms with van der Waals surface area (Å²) in [7, 11) is 0. The average molecular weight is 770 g/mol. The second kappa shape index (κ2) is 14.5. The minimum atomic E-state index is 0.645. The lowest BCUT2D eigenvalue weighted by molar-refractivity contribution is 0.669. The summed E-state index contributed by atoms with van der Waals surface area (Å²) in [6.45, 7) is 4.00. The van der Waals surface area contributed by atoms with Crippen molar-refractivity contribution in [2.45, 2.75) is 13.8 Å². The standard InChI is InChI=1S/C54H33N3O.C2H6/c1-2-13-34(14-3-1)52-45-22-6-8-25-48(45)55-54(56-52)57-49-33-39-16-5-4-15-38(39)31-46(49)44-24-12-23-42(53(44)57)41-20-11-19-37(30-41)35-17-10-18-36(29-35)40-27-28-51-47(32-40)43-21-7-9-26-50(43)58-51;1-2/h1-33H;1-2H3. The molecule has 0 bridgehead atoms. The summed E-state index contributed by atoms with van der Waals surface area (Å²) < 4.78 is 8.42. The van der Waals surface area contributed by atoms with Gasteiger partial charge in [0.1, 0.15) is 11.2 Å². The van der Waals surface area contributed by atoms with Crippen molar-refractivity contribution < 1.29 is 4.42 Å². The monoisotopic (exact) mass is 769 g/mol. The zero-order valence-electron chi connectivity index (χ0n) is 33.3. The number of para-hydroxylation sites is 3. The van der Waals surface area contributed by atoms with Crippen molar-refractivity contribution in [2.24, 2.45) is 0 Å². The molecule has 284 valence electrons. The summed E-state index contributed by atoms with van der Waals surface area (Å²) >= 11 is 0. The molecule has 0 saturated carbocycles. The third-order valence-corrected chi connectivity index (χ3v) is 11.6. The topological polar surface area (TPSA) is 43.9 Å². The first-order valence-electron chi connectivity index (χ1n) is 20.6. The van der Waals surface area contributed by atoms with Crippen molar-refractivity contribution in [3.05, 3.63) is 200 Å². The molecule has 0 unspecified atom stereocenters. The van der Waals surface area contributed by atoms with Crippen LogP contribution in [0.2, 0.25) is 0 Å². The van der Waals surface area contributed by atoms with Crippen LogP contribution >= 0.6 is 0 Å². The number of hydrogen-bond acceptors (Lipinski definition) is 3. The summed E-state index contributed by atoms with van der Waals surface area (Å²) in [4.78, 5) is 10.7. The van der Waals surface area contributed by atoms with Crippen LogP contribution in [-0.4, -0.2) is 14.5 Å². The quantitative estimate of drug-likeness (QED) is 0.175. The Morgan fingerprint density at radius 3 is 1.77 bits per heavy atom. The van der Waals surface area contributed by atoms with Gasteiger partial charge in [0, 0.05) is 38.1 Å². The van der Waals surface area contributed by atoms with Crippen LogP contribution in [0.25, 0.3) is 116 Å². The zero-order chi connectivity index (χ0) is 40.2. The number of hydrogen-bond donors (Lipinski definition) is 0. The molecule has 0 spiro atoms. The molecule has 0 aliphatic rings. The lowest BCUT2D eigenvalue weighted by Crippen LogP contribution is -2.04. The Balaban J connectivity index is 0.00000201. The molecule has 9 aromatic carbocycles. The Labute approximate surface area is 347 Å². The lowest BCUT2D eigenvalue weighted by Gasteiger charge is -2.14. The summed E-state index contributed by atoms with van der Waals surface area (Å²) in [6.07, 6.45) is 0. The van der Waals surface area contributed by atoms with Crippen LogP contribution in [0.3, 0.4) is 0 Å². The summed E-state index contributed by atoms with van der Waals surface area (Å²) in [6, 6.07) is 71.1. The van der Waals surface area contributed by atoms with Gasteiger partial charge in [-0.1, -0.05) is 166 Å². The summed E-state index contributed by atoms with van der Waals surface area (Å²) in [5, 5.41) is 7.98. The third kappa shape index (κ3) is 5.84. The molecule has 3 aromatic heterocycles. The fourth-order valence-electron chi connectivity index (χ4n) is 8.82. The van der Waals surface area contributed by atoms with Crippen molar-refractivity contribution >= 4 is 65.4 Å². The Morgan fingerprint density at radius 2 is 0.967 bits per heavy atom. The Hall–Kier alpha value is -7.82. The van der Waals surface area contributed by atoms with E-state index in [0.717, 1.165) is 93.9 Å². The zero-order valence-corrected chi connectivity index (χ0v) is 33.3.